The highest BCUT2D eigenvalue weighted by atomic mass is 32.2. The summed E-state index contributed by atoms with van der Waals surface area (Å²) in [5.41, 5.74) is 1.87. The van der Waals surface area contributed by atoms with Gasteiger partial charge in [-0.15, -0.1) is 0 Å². The van der Waals surface area contributed by atoms with Gasteiger partial charge in [-0.3, -0.25) is 24.4 Å². The number of piperazine rings is 1. The maximum absolute atomic E-state index is 13.6. The van der Waals surface area contributed by atoms with Crippen LogP contribution in [-0.4, -0.2) is 75.1 Å². The van der Waals surface area contributed by atoms with Crippen molar-refractivity contribution in [1.82, 2.24) is 24.6 Å². The number of aromatic nitrogens is 3. The van der Waals surface area contributed by atoms with Crippen molar-refractivity contribution in [2.45, 2.75) is 35.4 Å². The van der Waals surface area contributed by atoms with Crippen LogP contribution in [0.4, 0.5) is 5.13 Å². The molecule has 0 spiro atoms. The number of carbonyl (C=O) groups excluding carboxylic acids is 3. The Hall–Kier alpha value is -3.64. The maximum Gasteiger partial charge on any atom is 0.260 e. The molecule has 0 aliphatic carbocycles. The first-order chi connectivity index (χ1) is 18.2. The molecule has 0 saturated carbocycles. The van der Waals surface area contributed by atoms with Gasteiger partial charge in [0.1, 0.15) is 5.75 Å². The van der Waals surface area contributed by atoms with Gasteiger partial charge in [0.15, 0.2) is 5.13 Å². The van der Waals surface area contributed by atoms with Crippen molar-refractivity contribution in [1.29, 1.82) is 0 Å². The molecule has 1 fully saturated rings. The molecule has 1 N–H and O–H groups in total. The summed E-state index contributed by atoms with van der Waals surface area (Å²) in [6.45, 7) is 8.89. The summed E-state index contributed by atoms with van der Waals surface area (Å²) < 4.78 is 7.99. The highest BCUT2D eigenvalue weighted by Crippen LogP contribution is 2.38. The fraction of sp³-hybridized carbons (Fsp3) is 0.346. The SMILES string of the molecule is C=CC(=O)N1CCN(C(=O)c2cc(Sc3cnc(NC(=O)c4cnn(C)c4)s3)c(C)cc2OC)C[C@H]1CC. The van der Waals surface area contributed by atoms with Crippen molar-refractivity contribution >= 4 is 46.0 Å². The number of hydrogen-bond acceptors (Lipinski definition) is 8. The molecule has 200 valence electrons. The molecule has 1 saturated heterocycles. The van der Waals surface area contributed by atoms with Crippen molar-refractivity contribution in [2.24, 2.45) is 7.05 Å². The van der Waals surface area contributed by atoms with Crippen LogP contribution in [0.1, 0.15) is 39.6 Å². The van der Waals surface area contributed by atoms with Crippen molar-refractivity contribution in [3.63, 3.8) is 0 Å². The zero-order chi connectivity index (χ0) is 27.4. The lowest BCUT2D eigenvalue weighted by Gasteiger charge is -2.41. The van der Waals surface area contributed by atoms with E-state index < -0.39 is 0 Å². The number of anilines is 1. The third-order valence-corrected chi connectivity index (χ3v) is 8.48. The molecule has 0 bridgehead atoms. The summed E-state index contributed by atoms with van der Waals surface area (Å²) in [4.78, 5) is 47.0. The Bertz CT molecular complexity index is 1370. The second kappa shape index (κ2) is 11.8. The van der Waals surface area contributed by atoms with Gasteiger partial charge in [-0.2, -0.15) is 5.10 Å². The van der Waals surface area contributed by atoms with E-state index in [0.717, 1.165) is 21.1 Å². The van der Waals surface area contributed by atoms with Crippen molar-refractivity contribution in [3.05, 3.63) is 60.1 Å². The van der Waals surface area contributed by atoms with Gasteiger partial charge in [-0.1, -0.05) is 36.6 Å². The van der Waals surface area contributed by atoms with Crippen LogP contribution < -0.4 is 10.1 Å². The Morgan fingerprint density at radius 2 is 2.08 bits per heavy atom. The Labute approximate surface area is 229 Å². The summed E-state index contributed by atoms with van der Waals surface area (Å²) in [5, 5.41) is 7.29. The number of nitrogens with one attached hydrogen (secondary N) is 1. The summed E-state index contributed by atoms with van der Waals surface area (Å²) >= 11 is 2.82. The molecule has 3 aromatic rings. The van der Waals surface area contributed by atoms with E-state index in [2.05, 4.69) is 22.0 Å². The number of rotatable bonds is 8. The van der Waals surface area contributed by atoms with Crippen LogP contribution in [0.5, 0.6) is 5.75 Å². The quantitative estimate of drug-likeness (QED) is 0.421. The number of aryl methyl sites for hydroxylation is 2. The van der Waals surface area contributed by atoms with Crippen molar-refractivity contribution in [3.8, 4) is 5.75 Å². The molecule has 2 aromatic heterocycles. The Morgan fingerprint density at radius 1 is 1.29 bits per heavy atom. The summed E-state index contributed by atoms with van der Waals surface area (Å²) in [6, 6.07) is 3.63. The summed E-state index contributed by atoms with van der Waals surface area (Å²) in [6.07, 6.45) is 6.89. The predicted molar refractivity (Wildman–Crippen MR) is 147 cm³/mol. The third kappa shape index (κ3) is 5.91. The molecule has 3 heterocycles. The minimum Gasteiger partial charge on any atom is -0.496 e. The highest BCUT2D eigenvalue weighted by molar-refractivity contribution is 8.01. The van der Waals surface area contributed by atoms with E-state index in [9.17, 15) is 14.4 Å². The van der Waals surface area contributed by atoms with Crippen LogP contribution in [0.2, 0.25) is 0 Å². The number of amides is 3. The zero-order valence-electron chi connectivity index (χ0n) is 21.8. The first kappa shape index (κ1) is 27.4. The number of methoxy groups -OCH3 is 1. The number of thiazole rings is 1. The molecule has 1 aliphatic rings. The van der Waals surface area contributed by atoms with Crippen molar-refractivity contribution < 1.29 is 19.1 Å². The van der Waals surface area contributed by atoms with Gasteiger partial charge in [-0.25, -0.2) is 4.98 Å². The molecule has 0 radical (unpaired) electrons. The molecule has 12 heteroatoms. The van der Waals surface area contributed by atoms with Crippen LogP contribution in [0.3, 0.4) is 0 Å². The standard InChI is InChI=1S/C26H30N6O4S2/c1-6-18-15-31(8-9-32(18)22(33)7-2)25(35)19-11-21(16(3)10-20(19)36-5)37-23-13-27-26(38-23)29-24(34)17-12-28-30(4)14-17/h7,10-14,18H,2,6,8-9,15H2,1,3-5H3,(H,27,29,34)/t18-/m1/s1. The molecule has 3 amide bonds. The number of nitrogens with zero attached hydrogens (tertiary/aromatic N) is 5. The second-order valence-corrected chi connectivity index (χ2v) is 11.2. The molecular weight excluding hydrogens is 524 g/mol. The maximum atomic E-state index is 13.6. The van der Waals surface area contributed by atoms with Gasteiger partial charge < -0.3 is 14.5 Å². The molecule has 1 aromatic carbocycles. The van der Waals surface area contributed by atoms with Crippen LogP contribution in [0, 0.1) is 6.92 Å². The smallest absolute Gasteiger partial charge is 0.260 e. The van der Waals surface area contributed by atoms with Crippen LogP contribution >= 0.6 is 23.1 Å². The summed E-state index contributed by atoms with van der Waals surface area (Å²) in [7, 11) is 3.30. The fourth-order valence-electron chi connectivity index (χ4n) is 4.25. The van der Waals surface area contributed by atoms with Gasteiger partial charge in [0.25, 0.3) is 11.8 Å². The Morgan fingerprint density at radius 3 is 2.74 bits per heavy atom. The first-order valence-corrected chi connectivity index (χ1v) is 13.7. The third-order valence-electron chi connectivity index (χ3n) is 6.31. The minimum absolute atomic E-state index is 0.0685. The van der Waals surface area contributed by atoms with Crippen LogP contribution in [-0.2, 0) is 11.8 Å². The van der Waals surface area contributed by atoms with Crippen LogP contribution in [0.15, 0.2) is 52.5 Å². The van der Waals surface area contributed by atoms with E-state index in [1.54, 1.807) is 41.0 Å². The first-order valence-electron chi connectivity index (χ1n) is 12.1. The van der Waals surface area contributed by atoms with E-state index in [0.29, 0.717) is 41.6 Å². The lowest BCUT2D eigenvalue weighted by Crippen LogP contribution is -2.56. The number of carbonyl (C=O) groups is 3. The topological polar surface area (TPSA) is 110 Å². The molecule has 38 heavy (non-hydrogen) atoms. The lowest BCUT2D eigenvalue weighted by molar-refractivity contribution is -0.130. The van der Waals surface area contributed by atoms with Gasteiger partial charge in [0, 0.05) is 43.8 Å². The molecular formula is C26H30N6O4S2. The monoisotopic (exact) mass is 554 g/mol. The molecule has 10 nitrogen and oxygen atoms in total. The van der Waals surface area contributed by atoms with E-state index in [1.165, 1.54) is 35.4 Å². The van der Waals surface area contributed by atoms with Crippen LogP contribution in [0.25, 0.3) is 0 Å². The molecule has 1 atom stereocenters. The molecule has 4 rings (SSSR count). The zero-order valence-corrected chi connectivity index (χ0v) is 23.4. The van der Waals surface area contributed by atoms with Crippen molar-refractivity contribution in [2.75, 3.05) is 32.1 Å². The fourth-order valence-corrected chi connectivity index (χ4v) is 6.19. The second-order valence-electron chi connectivity index (χ2n) is 8.81. The Kier molecular flexibility index (Phi) is 8.52. The molecule has 0 unspecified atom stereocenters. The average Bonchev–Trinajstić information content (AvgIpc) is 3.56. The normalized spacial score (nSPS) is 15.3. The minimum atomic E-state index is -0.280. The summed E-state index contributed by atoms with van der Waals surface area (Å²) in [5.74, 6) is -0.0290. The van der Waals surface area contributed by atoms with E-state index in [1.807, 2.05) is 26.0 Å². The Balaban J connectivity index is 1.51. The van der Waals surface area contributed by atoms with Gasteiger partial charge >= 0.3 is 0 Å². The predicted octanol–water partition coefficient (Wildman–Crippen LogP) is 3.85. The largest absolute Gasteiger partial charge is 0.496 e. The van der Waals surface area contributed by atoms with E-state index in [-0.39, 0.29) is 23.8 Å². The number of benzene rings is 1. The lowest BCUT2D eigenvalue weighted by atomic mass is 10.1. The van der Waals surface area contributed by atoms with E-state index >= 15 is 0 Å². The number of ether oxygens (including phenoxy) is 1. The van der Waals surface area contributed by atoms with E-state index in [4.69, 9.17) is 4.74 Å². The highest BCUT2D eigenvalue weighted by Gasteiger charge is 2.32. The van der Waals surface area contributed by atoms with Gasteiger partial charge in [0.2, 0.25) is 5.91 Å². The van der Waals surface area contributed by atoms with Gasteiger partial charge in [-0.05, 0) is 37.1 Å². The van der Waals surface area contributed by atoms with Gasteiger partial charge in [0.05, 0.1) is 34.8 Å². The number of hydrogen-bond donors (Lipinski definition) is 1. The average molecular weight is 555 g/mol. The molecule has 1 aliphatic heterocycles.